The second-order valence-electron chi connectivity index (χ2n) is 6.16. The summed E-state index contributed by atoms with van der Waals surface area (Å²) in [6, 6.07) is 21.3. The molecule has 0 aliphatic carbocycles. The van der Waals surface area contributed by atoms with Gasteiger partial charge in [0.05, 0.1) is 0 Å². The Labute approximate surface area is 142 Å². The van der Waals surface area contributed by atoms with Crippen LogP contribution in [0.2, 0.25) is 0 Å². The van der Waals surface area contributed by atoms with E-state index in [1.54, 1.807) is 0 Å². The number of carbonyl (C=O) groups excluding carboxylic acids is 1. The van der Waals surface area contributed by atoms with Gasteiger partial charge in [0, 0.05) is 16.7 Å². The zero-order valence-electron chi connectivity index (χ0n) is 13.9. The first kappa shape index (κ1) is 16.0. The van der Waals surface area contributed by atoms with Crippen LogP contribution >= 0.6 is 0 Å². The molecule has 3 aromatic rings. The second kappa shape index (κ2) is 6.71. The van der Waals surface area contributed by atoms with Gasteiger partial charge >= 0.3 is 0 Å². The maximum Gasteiger partial charge on any atom is 0.150 e. The quantitative estimate of drug-likeness (QED) is 0.630. The van der Waals surface area contributed by atoms with Crippen LogP contribution in [-0.4, -0.2) is 11.4 Å². The van der Waals surface area contributed by atoms with E-state index in [4.69, 9.17) is 0 Å². The van der Waals surface area contributed by atoms with Crippen molar-refractivity contribution in [3.63, 3.8) is 0 Å². The van der Waals surface area contributed by atoms with Crippen molar-refractivity contribution in [3.05, 3.63) is 77.9 Å². The largest absolute Gasteiger partial charge is 0.507 e. The molecule has 2 nitrogen and oxygen atoms in total. The monoisotopic (exact) mass is 316 g/mol. The number of hydrogen-bond donors (Lipinski definition) is 1. The second-order valence-corrected chi connectivity index (χ2v) is 6.16. The molecule has 0 unspecified atom stereocenters. The van der Waals surface area contributed by atoms with E-state index in [0.717, 1.165) is 28.5 Å². The molecule has 3 aromatic carbocycles. The first-order chi connectivity index (χ1) is 11.6. The Balaban J connectivity index is 2.38. The third-order valence-corrected chi connectivity index (χ3v) is 4.24. The highest BCUT2D eigenvalue weighted by Crippen LogP contribution is 2.44. The van der Waals surface area contributed by atoms with E-state index >= 15 is 0 Å². The molecule has 0 atom stereocenters. The SMILES string of the molecule is CC(C)c1cc(C=O)c(-c2ccccc2)c(O)c1-c1ccccc1. The molecule has 120 valence electrons. The molecule has 0 aliphatic heterocycles. The molecule has 2 heteroatoms. The first-order valence-electron chi connectivity index (χ1n) is 8.09. The van der Waals surface area contributed by atoms with Crippen molar-refractivity contribution in [1.82, 2.24) is 0 Å². The summed E-state index contributed by atoms with van der Waals surface area (Å²) in [5.41, 5.74) is 4.67. The van der Waals surface area contributed by atoms with Crippen LogP contribution in [-0.2, 0) is 0 Å². The summed E-state index contributed by atoms with van der Waals surface area (Å²) in [4.78, 5) is 11.7. The number of phenolic OH excluding ortho intramolecular Hbond substituents is 1. The molecule has 0 saturated heterocycles. The van der Waals surface area contributed by atoms with Gasteiger partial charge < -0.3 is 5.11 Å². The highest BCUT2D eigenvalue weighted by Gasteiger charge is 2.21. The van der Waals surface area contributed by atoms with Crippen LogP contribution in [0.3, 0.4) is 0 Å². The maximum absolute atomic E-state index is 11.7. The zero-order chi connectivity index (χ0) is 17.1. The molecule has 0 fully saturated rings. The van der Waals surface area contributed by atoms with Gasteiger partial charge in [-0.05, 0) is 28.7 Å². The number of rotatable bonds is 4. The van der Waals surface area contributed by atoms with Crippen LogP contribution in [0.5, 0.6) is 5.75 Å². The zero-order valence-corrected chi connectivity index (χ0v) is 13.9. The molecule has 24 heavy (non-hydrogen) atoms. The lowest BCUT2D eigenvalue weighted by Crippen LogP contribution is -1.99. The van der Waals surface area contributed by atoms with Crippen molar-refractivity contribution in [2.75, 3.05) is 0 Å². The molecule has 0 saturated carbocycles. The third-order valence-electron chi connectivity index (χ3n) is 4.24. The summed E-state index contributed by atoms with van der Waals surface area (Å²) in [5, 5.41) is 11.1. The highest BCUT2D eigenvalue weighted by molar-refractivity contribution is 5.96. The van der Waals surface area contributed by atoms with Crippen LogP contribution < -0.4 is 0 Å². The Kier molecular flexibility index (Phi) is 4.48. The number of benzene rings is 3. The number of carbonyl (C=O) groups is 1. The lowest BCUT2D eigenvalue weighted by Gasteiger charge is -2.20. The Morgan fingerprint density at radius 2 is 1.33 bits per heavy atom. The molecule has 0 heterocycles. The summed E-state index contributed by atoms with van der Waals surface area (Å²) in [6.07, 6.45) is 0.822. The van der Waals surface area contributed by atoms with Gasteiger partial charge in [0.1, 0.15) is 5.75 Å². The molecule has 1 N–H and O–H groups in total. The topological polar surface area (TPSA) is 37.3 Å². The van der Waals surface area contributed by atoms with E-state index in [1.807, 2.05) is 66.7 Å². The lowest BCUT2D eigenvalue weighted by atomic mass is 9.85. The summed E-state index contributed by atoms with van der Waals surface area (Å²) in [7, 11) is 0. The summed E-state index contributed by atoms with van der Waals surface area (Å²) >= 11 is 0. The van der Waals surface area contributed by atoms with Crippen LogP contribution in [0.25, 0.3) is 22.3 Å². The minimum Gasteiger partial charge on any atom is -0.507 e. The number of hydrogen-bond acceptors (Lipinski definition) is 2. The number of aldehydes is 1. The fraction of sp³-hybridized carbons (Fsp3) is 0.136. The van der Waals surface area contributed by atoms with Gasteiger partial charge in [0.15, 0.2) is 6.29 Å². The van der Waals surface area contributed by atoms with Crippen molar-refractivity contribution in [3.8, 4) is 28.0 Å². The molecule has 0 aromatic heterocycles. The Hall–Kier alpha value is -2.87. The predicted molar refractivity (Wildman–Crippen MR) is 98.5 cm³/mol. The van der Waals surface area contributed by atoms with Gasteiger partial charge in [-0.1, -0.05) is 74.5 Å². The maximum atomic E-state index is 11.7. The van der Waals surface area contributed by atoms with E-state index in [9.17, 15) is 9.90 Å². The predicted octanol–water partition coefficient (Wildman–Crippen LogP) is 5.66. The highest BCUT2D eigenvalue weighted by atomic mass is 16.3. The van der Waals surface area contributed by atoms with E-state index in [0.29, 0.717) is 11.1 Å². The van der Waals surface area contributed by atoms with Gasteiger partial charge in [-0.25, -0.2) is 0 Å². The van der Waals surface area contributed by atoms with Crippen molar-refractivity contribution < 1.29 is 9.90 Å². The number of aromatic hydroxyl groups is 1. The molecule has 3 rings (SSSR count). The van der Waals surface area contributed by atoms with Crippen LogP contribution in [0.15, 0.2) is 66.7 Å². The van der Waals surface area contributed by atoms with Crippen molar-refractivity contribution in [2.45, 2.75) is 19.8 Å². The number of phenols is 1. The smallest absolute Gasteiger partial charge is 0.150 e. The minimum absolute atomic E-state index is 0.167. The van der Waals surface area contributed by atoms with Gasteiger partial charge in [-0.2, -0.15) is 0 Å². The normalized spacial score (nSPS) is 10.8. The van der Waals surface area contributed by atoms with Crippen LogP contribution in [0, 0.1) is 0 Å². The Bertz CT molecular complexity index is 850. The fourth-order valence-corrected chi connectivity index (χ4v) is 3.08. The van der Waals surface area contributed by atoms with Crippen molar-refractivity contribution in [1.29, 1.82) is 0 Å². The minimum atomic E-state index is 0.167. The average molecular weight is 316 g/mol. The summed E-state index contributed by atoms with van der Waals surface area (Å²) < 4.78 is 0. The fourth-order valence-electron chi connectivity index (χ4n) is 3.08. The van der Waals surface area contributed by atoms with Crippen LogP contribution in [0.1, 0.15) is 35.7 Å². The molecular weight excluding hydrogens is 296 g/mol. The summed E-state index contributed by atoms with van der Waals surface area (Å²) in [6.45, 7) is 4.13. The van der Waals surface area contributed by atoms with E-state index in [1.165, 1.54) is 0 Å². The van der Waals surface area contributed by atoms with E-state index < -0.39 is 0 Å². The molecule has 0 amide bonds. The average Bonchev–Trinajstić information content (AvgIpc) is 2.62. The van der Waals surface area contributed by atoms with E-state index in [2.05, 4.69) is 13.8 Å². The molecule has 0 radical (unpaired) electrons. The van der Waals surface area contributed by atoms with Gasteiger partial charge in [0.25, 0.3) is 0 Å². The van der Waals surface area contributed by atoms with Crippen LogP contribution in [0.4, 0.5) is 0 Å². The lowest BCUT2D eigenvalue weighted by molar-refractivity contribution is 0.112. The Morgan fingerprint density at radius 3 is 1.79 bits per heavy atom. The first-order valence-corrected chi connectivity index (χ1v) is 8.09. The Morgan fingerprint density at radius 1 is 0.833 bits per heavy atom. The molecule has 0 aliphatic rings. The van der Waals surface area contributed by atoms with E-state index in [-0.39, 0.29) is 11.7 Å². The van der Waals surface area contributed by atoms with Gasteiger partial charge in [-0.3, -0.25) is 4.79 Å². The van der Waals surface area contributed by atoms with Crippen molar-refractivity contribution in [2.24, 2.45) is 0 Å². The van der Waals surface area contributed by atoms with Gasteiger partial charge in [-0.15, -0.1) is 0 Å². The molecule has 0 bridgehead atoms. The van der Waals surface area contributed by atoms with Crippen molar-refractivity contribution >= 4 is 6.29 Å². The molecule has 0 spiro atoms. The summed E-state index contributed by atoms with van der Waals surface area (Å²) in [5.74, 6) is 0.357. The van der Waals surface area contributed by atoms with Gasteiger partial charge in [0.2, 0.25) is 0 Å². The molecular formula is C22H20O2. The standard InChI is InChI=1S/C22H20O2/c1-15(2)19-13-18(14-23)20(16-9-5-3-6-10-16)22(24)21(19)17-11-7-4-8-12-17/h3-15,24H,1-2H3. The third kappa shape index (κ3) is 2.83.